The van der Waals surface area contributed by atoms with Crippen LogP contribution in [0.3, 0.4) is 0 Å². The minimum Gasteiger partial charge on any atom is -0.368 e. The summed E-state index contributed by atoms with van der Waals surface area (Å²) in [5.74, 6) is 0. The van der Waals surface area contributed by atoms with E-state index in [1.54, 1.807) is 0 Å². The smallest absolute Gasteiger partial charge is 0.0876 e. The highest BCUT2D eigenvalue weighted by Gasteiger charge is 2.23. The molecule has 0 amide bonds. The van der Waals surface area contributed by atoms with E-state index in [4.69, 9.17) is 9.47 Å². The number of benzene rings is 2. The molecular formula is C20H26O2. The van der Waals surface area contributed by atoms with Crippen molar-refractivity contribution < 1.29 is 9.47 Å². The average molecular weight is 298 g/mol. The minimum atomic E-state index is -0.304. The molecule has 22 heavy (non-hydrogen) atoms. The Morgan fingerprint density at radius 3 is 1.23 bits per heavy atom. The summed E-state index contributed by atoms with van der Waals surface area (Å²) in [6.07, 6.45) is 0. The highest BCUT2D eigenvalue weighted by Crippen LogP contribution is 2.26. The van der Waals surface area contributed by atoms with Crippen molar-refractivity contribution in [2.45, 2.75) is 38.9 Å². The van der Waals surface area contributed by atoms with E-state index in [9.17, 15) is 0 Å². The van der Waals surface area contributed by atoms with Crippen molar-refractivity contribution in [3.63, 3.8) is 0 Å². The molecule has 0 aromatic heterocycles. The molecule has 2 rings (SSSR count). The highest BCUT2D eigenvalue weighted by molar-refractivity contribution is 5.21. The monoisotopic (exact) mass is 298 g/mol. The molecule has 2 aromatic carbocycles. The summed E-state index contributed by atoms with van der Waals surface area (Å²) in [7, 11) is 0. The number of hydrogen-bond acceptors (Lipinski definition) is 2. The fourth-order valence-corrected chi connectivity index (χ4v) is 2.44. The Balaban J connectivity index is 1.84. The van der Waals surface area contributed by atoms with Gasteiger partial charge in [-0.3, -0.25) is 0 Å². The van der Waals surface area contributed by atoms with Gasteiger partial charge in [-0.1, -0.05) is 60.7 Å². The van der Waals surface area contributed by atoms with Gasteiger partial charge < -0.3 is 9.47 Å². The first-order valence-corrected chi connectivity index (χ1v) is 7.81. The summed E-state index contributed by atoms with van der Waals surface area (Å²) in [4.78, 5) is 0. The zero-order valence-corrected chi connectivity index (χ0v) is 14.0. The molecule has 0 unspecified atom stereocenters. The maximum absolute atomic E-state index is 6.02. The molecular weight excluding hydrogens is 272 g/mol. The van der Waals surface area contributed by atoms with Crippen LogP contribution in [0.1, 0.15) is 38.8 Å². The van der Waals surface area contributed by atoms with Gasteiger partial charge in [-0.25, -0.2) is 0 Å². The molecule has 0 aliphatic heterocycles. The van der Waals surface area contributed by atoms with E-state index >= 15 is 0 Å². The van der Waals surface area contributed by atoms with E-state index in [1.807, 2.05) is 36.4 Å². The topological polar surface area (TPSA) is 18.5 Å². The van der Waals surface area contributed by atoms with Gasteiger partial charge in [0.05, 0.1) is 24.4 Å². The average Bonchev–Trinajstić information content (AvgIpc) is 2.53. The summed E-state index contributed by atoms with van der Waals surface area (Å²) >= 11 is 0. The maximum Gasteiger partial charge on any atom is 0.0876 e. The fourth-order valence-electron chi connectivity index (χ4n) is 2.44. The number of ether oxygens (including phenoxy) is 2. The first-order valence-electron chi connectivity index (χ1n) is 7.81. The lowest BCUT2D eigenvalue weighted by molar-refractivity contribution is -0.0892. The highest BCUT2D eigenvalue weighted by atomic mass is 16.5. The summed E-state index contributed by atoms with van der Waals surface area (Å²) < 4.78 is 12.0. The molecule has 0 spiro atoms. The standard InChI is InChI=1S/C20H26O2/c1-19(2,17-11-7-5-8-12-17)21-15-16-22-20(3,4)18-13-9-6-10-14-18/h5-14H,15-16H2,1-4H3. The van der Waals surface area contributed by atoms with Crippen molar-refractivity contribution in [1.29, 1.82) is 0 Å². The van der Waals surface area contributed by atoms with Gasteiger partial charge in [-0.05, 0) is 38.8 Å². The van der Waals surface area contributed by atoms with E-state index in [-0.39, 0.29) is 11.2 Å². The SMILES string of the molecule is CC(C)(OCCOC(C)(C)c1ccccc1)c1ccccc1. The molecule has 2 nitrogen and oxygen atoms in total. The Labute approximate surface area is 134 Å². The third-order valence-electron chi connectivity index (χ3n) is 3.95. The van der Waals surface area contributed by atoms with Crippen molar-refractivity contribution in [3.05, 3.63) is 71.8 Å². The van der Waals surface area contributed by atoms with E-state index in [0.29, 0.717) is 13.2 Å². The predicted molar refractivity (Wildman–Crippen MR) is 90.8 cm³/mol. The summed E-state index contributed by atoms with van der Waals surface area (Å²) in [6, 6.07) is 20.6. The third-order valence-corrected chi connectivity index (χ3v) is 3.95. The molecule has 2 heteroatoms. The Bertz CT molecular complexity index is 505. The van der Waals surface area contributed by atoms with Crippen LogP contribution in [-0.2, 0) is 20.7 Å². The minimum absolute atomic E-state index is 0.304. The quantitative estimate of drug-likeness (QED) is 0.678. The van der Waals surface area contributed by atoms with Gasteiger partial charge in [0.2, 0.25) is 0 Å². The Hall–Kier alpha value is -1.64. The second-order valence-electron chi connectivity index (χ2n) is 6.45. The van der Waals surface area contributed by atoms with Crippen molar-refractivity contribution in [2.24, 2.45) is 0 Å². The second-order valence-corrected chi connectivity index (χ2v) is 6.45. The summed E-state index contributed by atoms with van der Waals surface area (Å²) in [6.45, 7) is 9.49. The Morgan fingerprint density at radius 2 is 0.909 bits per heavy atom. The molecule has 0 radical (unpaired) electrons. The lowest BCUT2D eigenvalue weighted by Crippen LogP contribution is -2.27. The summed E-state index contributed by atoms with van der Waals surface area (Å²) in [5, 5.41) is 0. The molecule has 0 atom stereocenters. The molecule has 0 aliphatic carbocycles. The van der Waals surface area contributed by atoms with Crippen molar-refractivity contribution in [3.8, 4) is 0 Å². The predicted octanol–water partition coefficient (Wildman–Crippen LogP) is 4.89. The largest absolute Gasteiger partial charge is 0.368 e. The van der Waals surface area contributed by atoms with E-state index in [0.717, 1.165) is 0 Å². The fraction of sp³-hybridized carbons (Fsp3) is 0.400. The van der Waals surface area contributed by atoms with Gasteiger partial charge in [-0.2, -0.15) is 0 Å². The van der Waals surface area contributed by atoms with Gasteiger partial charge in [0.1, 0.15) is 0 Å². The molecule has 118 valence electrons. The van der Waals surface area contributed by atoms with Crippen LogP contribution in [0.2, 0.25) is 0 Å². The molecule has 0 fully saturated rings. The van der Waals surface area contributed by atoms with Crippen LogP contribution in [-0.4, -0.2) is 13.2 Å². The van der Waals surface area contributed by atoms with Gasteiger partial charge in [-0.15, -0.1) is 0 Å². The summed E-state index contributed by atoms with van der Waals surface area (Å²) in [5.41, 5.74) is 1.75. The van der Waals surface area contributed by atoms with Crippen LogP contribution in [0.25, 0.3) is 0 Å². The number of hydrogen-bond donors (Lipinski definition) is 0. The van der Waals surface area contributed by atoms with E-state index in [1.165, 1.54) is 11.1 Å². The molecule has 2 aromatic rings. The third kappa shape index (κ3) is 4.43. The normalized spacial score (nSPS) is 12.4. The van der Waals surface area contributed by atoms with Gasteiger partial charge in [0.15, 0.2) is 0 Å². The van der Waals surface area contributed by atoms with Crippen LogP contribution in [0, 0.1) is 0 Å². The van der Waals surface area contributed by atoms with E-state index < -0.39 is 0 Å². The molecule has 0 aliphatic rings. The first kappa shape index (κ1) is 16.7. The first-order chi connectivity index (χ1) is 10.4. The Morgan fingerprint density at radius 1 is 0.591 bits per heavy atom. The van der Waals surface area contributed by atoms with Crippen LogP contribution in [0.4, 0.5) is 0 Å². The Kier molecular flexibility index (Phi) is 5.38. The number of rotatable bonds is 7. The van der Waals surface area contributed by atoms with Gasteiger partial charge in [0.25, 0.3) is 0 Å². The van der Waals surface area contributed by atoms with Crippen molar-refractivity contribution in [1.82, 2.24) is 0 Å². The van der Waals surface area contributed by atoms with Crippen LogP contribution in [0.15, 0.2) is 60.7 Å². The molecule has 0 N–H and O–H groups in total. The zero-order valence-electron chi connectivity index (χ0n) is 14.0. The molecule has 0 saturated heterocycles. The van der Waals surface area contributed by atoms with Crippen LogP contribution < -0.4 is 0 Å². The second kappa shape index (κ2) is 7.08. The van der Waals surface area contributed by atoms with Gasteiger partial charge in [0, 0.05) is 0 Å². The molecule has 0 saturated carbocycles. The zero-order chi connectivity index (χ0) is 16.1. The molecule has 0 heterocycles. The van der Waals surface area contributed by atoms with Crippen molar-refractivity contribution >= 4 is 0 Å². The molecule has 0 bridgehead atoms. The lowest BCUT2D eigenvalue weighted by atomic mass is 9.98. The van der Waals surface area contributed by atoms with Gasteiger partial charge >= 0.3 is 0 Å². The van der Waals surface area contributed by atoms with Crippen LogP contribution in [0.5, 0.6) is 0 Å². The maximum atomic E-state index is 6.02. The van der Waals surface area contributed by atoms with Crippen molar-refractivity contribution in [2.75, 3.05) is 13.2 Å². The van der Waals surface area contributed by atoms with E-state index in [2.05, 4.69) is 52.0 Å². The lowest BCUT2D eigenvalue weighted by Gasteiger charge is -2.29. The van der Waals surface area contributed by atoms with Crippen LogP contribution >= 0.6 is 0 Å².